The average molecular weight is 228 g/mol. The number of carbonyl (C=O) groups excluding carboxylic acids is 1. The standard InChI is InChI=1S/C12H24N2O2/c1-4-16-8-10(3)14-12(15)11-5-9(2)6-13-7-11/h9-11,13H,4-8H2,1-3H3,(H,14,15). The second-order valence-electron chi connectivity index (χ2n) is 4.77. The lowest BCUT2D eigenvalue weighted by Crippen LogP contribution is -2.46. The average Bonchev–Trinajstić information content (AvgIpc) is 2.26. The summed E-state index contributed by atoms with van der Waals surface area (Å²) in [6.45, 7) is 9.24. The zero-order valence-electron chi connectivity index (χ0n) is 10.6. The van der Waals surface area contributed by atoms with Crippen molar-refractivity contribution in [1.29, 1.82) is 0 Å². The first kappa shape index (κ1) is 13.5. The topological polar surface area (TPSA) is 50.4 Å². The first-order valence-electron chi connectivity index (χ1n) is 6.22. The fourth-order valence-electron chi connectivity index (χ4n) is 2.05. The van der Waals surface area contributed by atoms with Crippen LogP contribution in [0.3, 0.4) is 0 Å². The second-order valence-corrected chi connectivity index (χ2v) is 4.77. The molecule has 94 valence electrons. The molecular weight excluding hydrogens is 204 g/mol. The van der Waals surface area contributed by atoms with Gasteiger partial charge in [0.2, 0.25) is 5.91 Å². The largest absolute Gasteiger partial charge is 0.380 e. The van der Waals surface area contributed by atoms with Crippen LogP contribution in [0.15, 0.2) is 0 Å². The molecule has 0 radical (unpaired) electrons. The molecule has 1 saturated heterocycles. The van der Waals surface area contributed by atoms with Gasteiger partial charge in [-0.1, -0.05) is 6.92 Å². The molecule has 3 atom stereocenters. The molecule has 1 rings (SSSR count). The normalized spacial score (nSPS) is 27.4. The van der Waals surface area contributed by atoms with Crippen molar-refractivity contribution >= 4 is 5.91 Å². The van der Waals surface area contributed by atoms with Crippen molar-refractivity contribution in [3.63, 3.8) is 0 Å². The number of hydrogen-bond acceptors (Lipinski definition) is 3. The quantitative estimate of drug-likeness (QED) is 0.731. The first-order chi connectivity index (χ1) is 7.63. The van der Waals surface area contributed by atoms with Crippen LogP contribution in [0.25, 0.3) is 0 Å². The van der Waals surface area contributed by atoms with Gasteiger partial charge in [-0.3, -0.25) is 4.79 Å². The summed E-state index contributed by atoms with van der Waals surface area (Å²) in [5.74, 6) is 0.866. The van der Waals surface area contributed by atoms with Crippen LogP contribution >= 0.6 is 0 Å². The van der Waals surface area contributed by atoms with Crippen molar-refractivity contribution in [2.45, 2.75) is 33.2 Å². The number of piperidine rings is 1. The Morgan fingerprint density at radius 3 is 2.94 bits per heavy atom. The van der Waals surface area contributed by atoms with E-state index in [0.717, 1.165) is 19.5 Å². The van der Waals surface area contributed by atoms with Gasteiger partial charge >= 0.3 is 0 Å². The van der Waals surface area contributed by atoms with E-state index in [1.54, 1.807) is 0 Å². The van der Waals surface area contributed by atoms with E-state index < -0.39 is 0 Å². The summed E-state index contributed by atoms with van der Waals surface area (Å²) in [4.78, 5) is 11.9. The van der Waals surface area contributed by atoms with E-state index >= 15 is 0 Å². The highest BCUT2D eigenvalue weighted by Crippen LogP contribution is 2.15. The Bertz CT molecular complexity index is 221. The molecule has 1 amide bonds. The highest BCUT2D eigenvalue weighted by molar-refractivity contribution is 5.79. The summed E-state index contributed by atoms with van der Waals surface area (Å²) >= 11 is 0. The Morgan fingerprint density at radius 2 is 2.31 bits per heavy atom. The molecule has 3 unspecified atom stereocenters. The number of amides is 1. The molecule has 16 heavy (non-hydrogen) atoms. The predicted molar refractivity (Wildman–Crippen MR) is 64.2 cm³/mol. The smallest absolute Gasteiger partial charge is 0.224 e. The summed E-state index contributed by atoms with van der Waals surface area (Å²) in [7, 11) is 0. The molecule has 0 aromatic carbocycles. The van der Waals surface area contributed by atoms with E-state index in [1.807, 2.05) is 13.8 Å². The van der Waals surface area contributed by atoms with Gasteiger partial charge in [0.1, 0.15) is 0 Å². The van der Waals surface area contributed by atoms with Gasteiger partial charge in [0.25, 0.3) is 0 Å². The predicted octanol–water partition coefficient (Wildman–Crippen LogP) is 0.773. The highest BCUT2D eigenvalue weighted by atomic mass is 16.5. The fraction of sp³-hybridized carbons (Fsp3) is 0.917. The number of hydrogen-bond donors (Lipinski definition) is 2. The van der Waals surface area contributed by atoms with Crippen molar-refractivity contribution in [2.24, 2.45) is 11.8 Å². The first-order valence-corrected chi connectivity index (χ1v) is 6.22. The number of carbonyl (C=O) groups is 1. The van der Waals surface area contributed by atoms with Crippen molar-refractivity contribution in [1.82, 2.24) is 10.6 Å². The van der Waals surface area contributed by atoms with E-state index in [4.69, 9.17) is 4.74 Å². The van der Waals surface area contributed by atoms with Gasteiger partial charge in [-0.25, -0.2) is 0 Å². The number of rotatable bonds is 5. The SMILES string of the molecule is CCOCC(C)NC(=O)C1CNCC(C)C1. The molecule has 1 aliphatic heterocycles. The van der Waals surface area contributed by atoms with E-state index in [2.05, 4.69) is 17.6 Å². The molecule has 1 aliphatic rings. The third kappa shape index (κ3) is 4.49. The van der Waals surface area contributed by atoms with Crippen LogP contribution in [-0.2, 0) is 9.53 Å². The maximum atomic E-state index is 11.9. The zero-order chi connectivity index (χ0) is 12.0. The number of ether oxygens (including phenoxy) is 1. The van der Waals surface area contributed by atoms with E-state index in [1.165, 1.54) is 0 Å². The fourth-order valence-corrected chi connectivity index (χ4v) is 2.05. The molecule has 2 N–H and O–H groups in total. The van der Waals surface area contributed by atoms with E-state index in [0.29, 0.717) is 19.1 Å². The van der Waals surface area contributed by atoms with Gasteiger partial charge < -0.3 is 15.4 Å². The Morgan fingerprint density at radius 1 is 1.56 bits per heavy atom. The molecule has 0 aromatic heterocycles. The molecule has 0 spiro atoms. The highest BCUT2D eigenvalue weighted by Gasteiger charge is 2.25. The minimum absolute atomic E-state index is 0.102. The summed E-state index contributed by atoms with van der Waals surface area (Å²) in [5.41, 5.74) is 0. The summed E-state index contributed by atoms with van der Waals surface area (Å²) in [6.07, 6.45) is 0.986. The maximum absolute atomic E-state index is 11.9. The Hall–Kier alpha value is -0.610. The van der Waals surface area contributed by atoms with Crippen molar-refractivity contribution in [2.75, 3.05) is 26.3 Å². The van der Waals surface area contributed by atoms with Gasteiger partial charge in [-0.05, 0) is 32.7 Å². The molecule has 4 nitrogen and oxygen atoms in total. The molecule has 4 heteroatoms. The minimum atomic E-state index is 0.102. The summed E-state index contributed by atoms with van der Waals surface area (Å²) < 4.78 is 5.27. The lowest BCUT2D eigenvalue weighted by Gasteiger charge is -2.28. The minimum Gasteiger partial charge on any atom is -0.380 e. The Kier molecular flexibility index (Phi) is 5.77. The van der Waals surface area contributed by atoms with Crippen LogP contribution in [0.5, 0.6) is 0 Å². The summed E-state index contributed by atoms with van der Waals surface area (Å²) in [6, 6.07) is 0.102. The lowest BCUT2D eigenvalue weighted by molar-refractivity contribution is -0.126. The molecule has 0 bridgehead atoms. The van der Waals surface area contributed by atoms with Crippen LogP contribution < -0.4 is 10.6 Å². The van der Waals surface area contributed by atoms with Crippen LogP contribution in [-0.4, -0.2) is 38.3 Å². The Labute approximate surface area is 98.1 Å². The molecule has 0 aromatic rings. The molecule has 1 heterocycles. The van der Waals surface area contributed by atoms with Crippen LogP contribution in [0.4, 0.5) is 0 Å². The van der Waals surface area contributed by atoms with Gasteiger partial charge in [0.15, 0.2) is 0 Å². The van der Waals surface area contributed by atoms with E-state index in [9.17, 15) is 4.79 Å². The van der Waals surface area contributed by atoms with Crippen molar-refractivity contribution in [3.05, 3.63) is 0 Å². The zero-order valence-corrected chi connectivity index (χ0v) is 10.6. The van der Waals surface area contributed by atoms with Crippen molar-refractivity contribution < 1.29 is 9.53 Å². The van der Waals surface area contributed by atoms with Gasteiger partial charge in [-0.2, -0.15) is 0 Å². The second kappa shape index (κ2) is 6.86. The van der Waals surface area contributed by atoms with Gasteiger partial charge in [0, 0.05) is 19.2 Å². The van der Waals surface area contributed by atoms with Gasteiger partial charge in [-0.15, -0.1) is 0 Å². The molecule has 0 saturated carbocycles. The van der Waals surface area contributed by atoms with Crippen molar-refractivity contribution in [3.8, 4) is 0 Å². The molecule has 1 fully saturated rings. The number of nitrogens with one attached hydrogen (secondary N) is 2. The lowest BCUT2D eigenvalue weighted by atomic mass is 9.91. The third-order valence-electron chi connectivity index (χ3n) is 2.90. The molecule has 0 aliphatic carbocycles. The Balaban J connectivity index is 2.27. The monoisotopic (exact) mass is 228 g/mol. The van der Waals surface area contributed by atoms with E-state index in [-0.39, 0.29) is 17.9 Å². The maximum Gasteiger partial charge on any atom is 0.224 e. The van der Waals surface area contributed by atoms with Gasteiger partial charge in [0.05, 0.1) is 12.5 Å². The third-order valence-corrected chi connectivity index (χ3v) is 2.90. The van der Waals surface area contributed by atoms with Crippen LogP contribution in [0, 0.1) is 11.8 Å². The summed E-state index contributed by atoms with van der Waals surface area (Å²) in [5, 5.41) is 6.29. The van der Waals surface area contributed by atoms with Crippen LogP contribution in [0.2, 0.25) is 0 Å². The van der Waals surface area contributed by atoms with Crippen LogP contribution in [0.1, 0.15) is 27.2 Å². The molecular formula is C12H24N2O2.